The first-order valence-corrected chi connectivity index (χ1v) is 13.0. The van der Waals surface area contributed by atoms with Crippen LogP contribution in [0.3, 0.4) is 0 Å². The Morgan fingerprint density at radius 2 is 1.58 bits per heavy atom. The van der Waals surface area contributed by atoms with Crippen molar-refractivity contribution in [3.05, 3.63) is 107 Å². The maximum absolute atomic E-state index is 12.6. The van der Waals surface area contributed by atoms with Crippen LogP contribution in [0.25, 0.3) is 6.08 Å². The Bertz CT molecular complexity index is 1480. The number of rotatable bonds is 9. The van der Waals surface area contributed by atoms with Crippen LogP contribution in [0.4, 0.5) is 10.8 Å². The third-order valence-corrected chi connectivity index (χ3v) is 7.22. The maximum Gasteiger partial charge on any atom is 0.263 e. The fourth-order valence-electron chi connectivity index (χ4n) is 3.14. The van der Waals surface area contributed by atoms with Gasteiger partial charge in [0, 0.05) is 28.4 Å². The van der Waals surface area contributed by atoms with E-state index in [1.54, 1.807) is 67.1 Å². The second-order valence-corrected chi connectivity index (χ2v) is 10.0. The van der Waals surface area contributed by atoms with Crippen LogP contribution in [0, 0.1) is 0 Å². The van der Waals surface area contributed by atoms with Gasteiger partial charge in [0.2, 0.25) is 0 Å². The standard InChI is InChI=1S/C26H21N3O5S2/c1-34-22-11-7-19(8-12-22)24(30)15-4-18-2-5-20(6-3-18)25(31)28-21-9-13-23(14-10-21)36(32,33)29-26-27-16-17-35-26/h2-17H,1H3,(H,27,29)(H,28,31)/b15-4+. The lowest BCUT2D eigenvalue weighted by Crippen LogP contribution is -2.14. The highest BCUT2D eigenvalue weighted by molar-refractivity contribution is 7.93. The van der Waals surface area contributed by atoms with Gasteiger partial charge in [0.15, 0.2) is 10.9 Å². The van der Waals surface area contributed by atoms with Gasteiger partial charge in [-0.25, -0.2) is 13.4 Å². The van der Waals surface area contributed by atoms with E-state index in [2.05, 4.69) is 15.0 Å². The highest BCUT2D eigenvalue weighted by Gasteiger charge is 2.15. The molecule has 0 fully saturated rings. The van der Waals surface area contributed by atoms with Crippen LogP contribution in [0.1, 0.15) is 26.3 Å². The van der Waals surface area contributed by atoms with E-state index in [4.69, 9.17) is 4.74 Å². The summed E-state index contributed by atoms with van der Waals surface area (Å²) in [5.74, 6) is 0.178. The Morgan fingerprint density at radius 3 is 2.19 bits per heavy atom. The number of aromatic nitrogens is 1. The number of thiazole rings is 1. The van der Waals surface area contributed by atoms with Crippen molar-refractivity contribution in [3.63, 3.8) is 0 Å². The van der Waals surface area contributed by atoms with Crippen molar-refractivity contribution < 1.29 is 22.7 Å². The number of anilines is 2. The highest BCUT2D eigenvalue weighted by atomic mass is 32.2. The number of methoxy groups -OCH3 is 1. The summed E-state index contributed by atoms with van der Waals surface area (Å²) in [5, 5.41) is 4.68. The molecule has 1 amide bonds. The van der Waals surface area contributed by atoms with Gasteiger partial charge in [0.1, 0.15) is 5.75 Å². The molecular formula is C26H21N3O5S2. The van der Waals surface area contributed by atoms with Gasteiger partial charge in [-0.3, -0.25) is 14.3 Å². The van der Waals surface area contributed by atoms with Crippen molar-refractivity contribution >= 4 is 49.9 Å². The number of hydrogen-bond acceptors (Lipinski definition) is 7. The Hall–Kier alpha value is -4.28. The third kappa shape index (κ3) is 6.23. The summed E-state index contributed by atoms with van der Waals surface area (Å²) in [7, 11) is -2.21. The van der Waals surface area contributed by atoms with Gasteiger partial charge in [-0.05, 0) is 72.3 Å². The third-order valence-electron chi connectivity index (χ3n) is 5.05. The number of ketones is 1. The van der Waals surface area contributed by atoms with Crippen molar-refractivity contribution in [2.45, 2.75) is 4.90 Å². The van der Waals surface area contributed by atoms with E-state index in [0.29, 0.717) is 22.6 Å². The minimum atomic E-state index is -3.77. The van der Waals surface area contributed by atoms with Gasteiger partial charge in [-0.2, -0.15) is 0 Å². The van der Waals surface area contributed by atoms with E-state index in [0.717, 1.165) is 5.56 Å². The fourth-order valence-corrected chi connectivity index (χ4v) is 4.93. The average Bonchev–Trinajstić information content (AvgIpc) is 3.40. The first-order valence-electron chi connectivity index (χ1n) is 10.6. The van der Waals surface area contributed by atoms with Gasteiger partial charge >= 0.3 is 0 Å². The number of nitrogens with zero attached hydrogens (tertiary/aromatic N) is 1. The van der Waals surface area contributed by atoms with Crippen molar-refractivity contribution in [1.82, 2.24) is 4.98 Å². The molecule has 3 aromatic carbocycles. The molecule has 0 radical (unpaired) electrons. The van der Waals surface area contributed by atoms with Gasteiger partial charge < -0.3 is 10.1 Å². The second-order valence-electron chi connectivity index (χ2n) is 7.47. The van der Waals surface area contributed by atoms with Crippen LogP contribution < -0.4 is 14.8 Å². The lowest BCUT2D eigenvalue weighted by molar-refractivity contribution is 0.102. The van der Waals surface area contributed by atoms with Crippen molar-refractivity contribution in [1.29, 1.82) is 0 Å². The normalized spacial score (nSPS) is 11.2. The lowest BCUT2D eigenvalue weighted by atomic mass is 10.1. The van der Waals surface area contributed by atoms with E-state index in [9.17, 15) is 18.0 Å². The zero-order chi connectivity index (χ0) is 25.5. The molecule has 0 saturated heterocycles. The molecule has 0 bridgehead atoms. The molecule has 1 aromatic heterocycles. The largest absolute Gasteiger partial charge is 0.497 e. The second kappa shape index (κ2) is 11.0. The molecule has 4 aromatic rings. The zero-order valence-electron chi connectivity index (χ0n) is 19.0. The lowest BCUT2D eigenvalue weighted by Gasteiger charge is -2.08. The summed E-state index contributed by atoms with van der Waals surface area (Å²) in [5.41, 5.74) is 2.16. The molecule has 1 heterocycles. The molecule has 0 aliphatic heterocycles. The van der Waals surface area contributed by atoms with Gasteiger partial charge in [0.05, 0.1) is 12.0 Å². The minimum Gasteiger partial charge on any atom is -0.497 e. The smallest absolute Gasteiger partial charge is 0.263 e. The van der Waals surface area contributed by atoms with Crippen LogP contribution in [0.2, 0.25) is 0 Å². The molecule has 36 heavy (non-hydrogen) atoms. The Kier molecular flexibility index (Phi) is 7.57. The van der Waals surface area contributed by atoms with E-state index < -0.39 is 10.0 Å². The summed E-state index contributed by atoms with van der Waals surface area (Å²) in [4.78, 5) is 28.9. The topological polar surface area (TPSA) is 114 Å². The quantitative estimate of drug-likeness (QED) is 0.235. The summed E-state index contributed by atoms with van der Waals surface area (Å²) < 4.78 is 32.3. The first-order chi connectivity index (χ1) is 17.3. The summed E-state index contributed by atoms with van der Waals surface area (Å²) in [6.07, 6.45) is 4.65. The van der Waals surface area contributed by atoms with E-state index in [1.165, 1.54) is 47.9 Å². The molecule has 2 N–H and O–H groups in total. The molecule has 182 valence electrons. The van der Waals surface area contributed by atoms with Crippen molar-refractivity contribution in [2.75, 3.05) is 17.1 Å². The number of carbonyl (C=O) groups excluding carboxylic acids is 2. The number of nitrogens with one attached hydrogen (secondary N) is 2. The number of carbonyl (C=O) groups is 2. The molecule has 8 nitrogen and oxygen atoms in total. The van der Waals surface area contributed by atoms with Crippen LogP contribution in [-0.4, -0.2) is 32.2 Å². The predicted molar refractivity (Wildman–Crippen MR) is 140 cm³/mol. The molecular weight excluding hydrogens is 498 g/mol. The molecule has 0 aliphatic rings. The summed E-state index contributed by atoms with van der Waals surface area (Å²) in [6.45, 7) is 0. The monoisotopic (exact) mass is 519 g/mol. The molecule has 4 rings (SSSR count). The van der Waals surface area contributed by atoms with Gasteiger partial charge in [0.25, 0.3) is 15.9 Å². The van der Waals surface area contributed by atoms with E-state index >= 15 is 0 Å². The zero-order valence-corrected chi connectivity index (χ0v) is 20.7. The fraction of sp³-hybridized carbons (Fsp3) is 0.0385. The van der Waals surface area contributed by atoms with Crippen LogP contribution in [0.15, 0.2) is 95.3 Å². The van der Waals surface area contributed by atoms with Crippen LogP contribution >= 0.6 is 11.3 Å². The Labute approximate surface area is 212 Å². The number of sulfonamides is 1. The van der Waals surface area contributed by atoms with E-state index in [-0.39, 0.29) is 21.7 Å². The van der Waals surface area contributed by atoms with Gasteiger partial charge in [-0.1, -0.05) is 18.2 Å². The molecule has 10 heteroatoms. The predicted octanol–water partition coefficient (Wildman–Crippen LogP) is 5.10. The average molecular weight is 520 g/mol. The molecule has 0 atom stereocenters. The number of hydrogen-bond donors (Lipinski definition) is 2. The number of amides is 1. The van der Waals surface area contributed by atoms with Crippen LogP contribution in [0.5, 0.6) is 5.75 Å². The summed E-state index contributed by atoms with van der Waals surface area (Å²) in [6, 6.07) is 19.4. The minimum absolute atomic E-state index is 0.0519. The van der Waals surface area contributed by atoms with E-state index in [1.807, 2.05) is 0 Å². The Balaban J connectivity index is 1.35. The number of ether oxygens (including phenoxy) is 1. The number of allylic oxidation sites excluding steroid dienone is 1. The number of benzene rings is 3. The molecule has 0 spiro atoms. The summed E-state index contributed by atoms with van der Waals surface area (Å²) >= 11 is 1.18. The highest BCUT2D eigenvalue weighted by Crippen LogP contribution is 2.20. The molecule has 0 saturated carbocycles. The molecule has 0 aliphatic carbocycles. The molecule has 0 unspecified atom stereocenters. The van der Waals surface area contributed by atoms with Crippen molar-refractivity contribution in [3.8, 4) is 5.75 Å². The van der Waals surface area contributed by atoms with Crippen molar-refractivity contribution in [2.24, 2.45) is 0 Å². The Morgan fingerprint density at radius 1 is 0.917 bits per heavy atom. The van der Waals surface area contributed by atoms with Gasteiger partial charge in [-0.15, -0.1) is 11.3 Å². The van der Waals surface area contributed by atoms with Crippen LogP contribution in [-0.2, 0) is 10.0 Å². The SMILES string of the molecule is COc1ccc(C(=O)/C=C/c2ccc(C(=O)Nc3ccc(S(=O)(=O)Nc4nccs4)cc3)cc2)cc1. The first kappa shape index (κ1) is 24.8. The maximum atomic E-state index is 12.6.